The lowest BCUT2D eigenvalue weighted by molar-refractivity contribution is 0.0376. The van der Waals surface area contributed by atoms with E-state index in [-0.39, 0.29) is 0 Å². The lowest BCUT2D eigenvalue weighted by Gasteiger charge is -2.26. The summed E-state index contributed by atoms with van der Waals surface area (Å²) in [4.78, 5) is 11.9. The van der Waals surface area contributed by atoms with Crippen molar-refractivity contribution in [1.29, 1.82) is 0 Å². The van der Waals surface area contributed by atoms with Gasteiger partial charge in [-0.2, -0.15) is 0 Å². The first-order chi connectivity index (χ1) is 13.3. The highest BCUT2D eigenvalue weighted by Gasteiger charge is 2.09. The Bertz CT molecular complexity index is 678. The van der Waals surface area contributed by atoms with Gasteiger partial charge in [-0.3, -0.25) is 9.89 Å². The van der Waals surface area contributed by atoms with Crippen LogP contribution in [0.4, 0.5) is 0 Å². The number of hydrogen-bond donors (Lipinski definition) is 2. The SMILES string of the molecule is CCNC(=NCCCc1nc2ccccc2s1)NCCCN1CCOCC1. The quantitative estimate of drug-likeness (QED) is 0.392. The van der Waals surface area contributed by atoms with Gasteiger partial charge >= 0.3 is 0 Å². The third-order valence-corrected chi connectivity index (χ3v) is 5.64. The molecule has 1 saturated heterocycles. The van der Waals surface area contributed by atoms with Crippen molar-refractivity contribution in [2.75, 3.05) is 52.5 Å². The minimum absolute atomic E-state index is 0.814. The summed E-state index contributed by atoms with van der Waals surface area (Å²) in [5, 5.41) is 7.99. The summed E-state index contributed by atoms with van der Waals surface area (Å²) < 4.78 is 6.66. The maximum atomic E-state index is 5.39. The number of benzene rings is 1. The van der Waals surface area contributed by atoms with Gasteiger partial charge in [-0.15, -0.1) is 11.3 Å². The number of ether oxygens (including phenoxy) is 1. The average Bonchev–Trinajstić information content (AvgIpc) is 3.12. The molecular formula is C20H31N5OS. The number of thiazole rings is 1. The van der Waals surface area contributed by atoms with Crippen molar-refractivity contribution in [3.05, 3.63) is 29.3 Å². The number of para-hydroxylation sites is 1. The van der Waals surface area contributed by atoms with Crippen molar-refractivity contribution in [1.82, 2.24) is 20.5 Å². The number of aromatic nitrogens is 1. The Balaban J connectivity index is 1.36. The maximum absolute atomic E-state index is 5.39. The molecule has 0 amide bonds. The van der Waals surface area contributed by atoms with E-state index in [4.69, 9.17) is 14.7 Å². The predicted octanol–water partition coefficient (Wildman–Crippen LogP) is 2.51. The average molecular weight is 390 g/mol. The van der Waals surface area contributed by atoms with E-state index in [9.17, 15) is 0 Å². The van der Waals surface area contributed by atoms with Crippen LogP contribution >= 0.6 is 11.3 Å². The third-order valence-electron chi connectivity index (χ3n) is 4.55. The highest BCUT2D eigenvalue weighted by atomic mass is 32.1. The third kappa shape index (κ3) is 6.75. The fourth-order valence-corrected chi connectivity index (χ4v) is 4.13. The summed E-state index contributed by atoms with van der Waals surface area (Å²) in [5.41, 5.74) is 1.11. The zero-order valence-electron chi connectivity index (χ0n) is 16.2. The van der Waals surface area contributed by atoms with E-state index in [1.165, 1.54) is 9.71 Å². The Morgan fingerprint density at radius 3 is 2.89 bits per heavy atom. The Morgan fingerprint density at radius 2 is 2.07 bits per heavy atom. The van der Waals surface area contributed by atoms with Gasteiger partial charge in [-0.25, -0.2) is 4.98 Å². The number of guanidine groups is 1. The van der Waals surface area contributed by atoms with Crippen LogP contribution in [0, 0.1) is 0 Å². The Labute approximate surface area is 166 Å². The zero-order chi connectivity index (χ0) is 18.7. The minimum Gasteiger partial charge on any atom is -0.379 e. The largest absolute Gasteiger partial charge is 0.379 e. The molecule has 2 aromatic rings. The molecule has 2 N–H and O–H groups in total. The van der Waals surface area contributed by atoms with Crippen LogP contribution in [-0.4, -0.2) is 68.3 Å². The summed E-state index contributed by atoms with van der Waals surface area (Å²) in [6, 6.07) is 8.34. The van der Waals surface area contributed by atoms with Crippen molar-refractivity contribution in [2.24, 2.45) is 4.99 Å². The number of nitrogens with zero attached hydrogens (tertiary/aromatic N) is 3. The van der Waals surface area contributed by atoms with Crippen molar-refractivity contribution in [2.45, 2.75) is 26.2 Å². The second-order valence-corrected chi connectivity index (χ2v) is 7.79. The summed E-state index contributed by atoms with van der Waals surface area (Å²) in [7, 11) is 0. The molecule has 0 spiro atoms. The number of rotatable bonds is 9. The molecule has 1 aliphatic rings. The van der Waals surface area contributed by atoms with Crippen molar-refractivity contribution >= 4 is 27.5 Å². The van der Waals surface area contributed by atoms with Crippen LogP contribution in [0.3, 0.4) is 0 Å². The van der Waals surface area contributed by atoms with Crippen LogP contribution in [0.5, 0.6) is 0 Å². The van der Waals surface area contributed by atoms with E-state index >= 15 is 0 Å². The first kappa shape index (κ1) is 20.0. The molecule has 0 unspecified atom stereocenters. The summed E-state index contributed by atoms with van der Waals surface area (Å²) in [5.74, 6) is 0.920. The highest BCUT2D eigenvalue weighted by Crippen LogP contribution is 2.22. The molecule has 2 heterocycles. The van der Waals surface area contributed by atoms with Gasteiger partial charge in [0.15, 0.2) is 5.96 Å². The van der Waals surface area contributed by atoms with Gasteiger partial charge in [0.05, 0.1) is 28.4 Å². The normalized spacial score (nSPS) is 16.0. The van der Waals surface area contributed by atoms with E-state index < -0.39 is 0 Å². The number of aliphatic imine (C=N–C) groups is 1. The van der Waals surface area contributed by atoms with E-state index in [1.807, 2.05) is 6.07 Å². The van der Waals surface area contributed by atoms with E-state index in [0.29, 0.717) is 0 Å². The fraction of sp³-hybridized carbons (Fsp3) is 0.600. The molecule has 148 valence electrons. The molecule has 0 radical (unpaired) electrons. The van der Waals surface area contributed by atoms with Gasteiger partial charge in [0.2, 0.25) is 0 Å². The molecule has 0 saturated carbocycles. The number of fused-ring (bicyclic) bond motifs is 1. The first-order valence-electron chi connectivity index (χ1n) is 10.0. The second kappa shape index (κ2) is 11.2. The summed E-state index contributed by atoms with van der Waals surface area (Å²) >= 11 is 1.79. The summed E-state index contributed by atoms with van der Waals surface area (Å²) in [6.07, 6.45) is 3.12. The van der Waals surface area contributed by atoms with Crippen LogP contribution in [0.1, 0.15) is 24.8 Å². The van der Waals surface area contributed by atoms with Gasteiger partial charge < -0.3 is 15.4 Å². The number of aryl methyl sites for hydroxylation is 1. The first-order valence-corrected chi connectivity index (χ1v) is 10.8. The molecule has 1 aromatic carbocycles. The predicted molar refractivity (Wildman–Crippen MR) is 114 cm³/mol. The van der Waals surface area contributed by atoms with Gasteiger partial charge in [-0.05, 0) is 38.4 Å². The van der Waals surface area contributed by atoms with Crippen LogP contribution < -0.4 is 10.6 Å². The highest BCUT2D eigenvalue weighted by molar-refractivity contribution is 7.18. The standard InChI is InChI=1S/C20H31N5OS/c1-2-21-20(23-11-6-12-25-13-15-26-16-14-25)22-10-5-9-19-24-17-7-3-4-8-18(17)27-19/h3-4,7-8H,2,5-6,9-16H2,1H3,(H2,21,22,23). The Morgan fingerprint density at radius 1 is 1.22 bits per heavy atom. The van der Waals surface area contributed by atoms with E-state index in [1.54, 1.807) is 11.3 Å². The van der Waals surface area contributed by atoms with Gasteiger partial charge in [-0.1, -0.05) is 12.1 Å². The second-order valence-electron chi connectivity index (χ2n) is 6.67. The van der Waals surface area contributed by atoms with Crippen molar-refractivity contribution < 1.29 is 4.74 Å². The molecule has 1 fully saturated rings. The molecule has 0 aliphatic carbocycles. The van der Waals surface area contributed by atoms with E-state index in [0.717, 1.165) is 83.2 Å². The van der Waals surface area contributed by atoms with Gasteiger partial charge in [0, 0.05) is 39.1 Å². The summed E-state index contributed by atoms with van der Waals surface area (Å²) in [6.45, 7) is 9.71. The van der Waals surface area contributed by atoms with E-state index in [2.05, 4.69) is 40.7 Å². The molecule has 0 bridgehead atoms. The molecule has 27 heavy (non-hydrogen) atoms. The smallest absolute Gasteiger partial charge is 0.191 e. The number of nitrogens with one attached hydrogen (secondary N) is 2. The molecular weight excluding hydrogens is 358 g/mol. The van der Waals surface area contributed by atoms with Crippen molar-refractivity contribution in [3.63, 3.8) is 0 Å². The van der Waals surface area contributed by atoms with Gasteiger partial charge in [0.25, 0.3) is 0 Å². The molecule has 3 rings (SSSR count). The molecule has 6 nitrogen and oxygen atoms in total. The van der Waals surface area contributed by atoms with Crippen LogP contribution in [0.15, 0.2) is 29.3 Å². The number of morpholine rings is 1. The van der Waals surface area contributed by atoms with Gasteiger partial charge in [0.1, 0.15) is 0 Å². The van der Waals surface area contributed by atoms with Crippen molar-refractivity contribution in [3.8, 4) is 0 Å². The van der Waals surface area contributed by atoms with Crippen LogP contribution in [-0.2, 0) is 11.2 Å². The van der Waals surface area contributed by atoms with Crippen LogP contribution in [0.2, 0.25) is 0 Å². The minimum atomic E-state index is 0.814. The molecule has 0 atom stereocenters. The zero-order valence-corrected chi connectivity index (χ0v) is 17.1. The maximum Gasteiger partial charge on any atom is 0.191 e. The lowest BCUT2D eigenvalue weighted by Crippen LogP contribution is -2.40. The number of hydrogen-bond acceptors (Lipinski definition) is 5. The molecule has 7 heteroatoms. The molecule has 1 aliphatic heterocycles. The Kier molecular flexibility index (Phi) is 8.32. The fourth-order valence-electron chi connectivity index (χ4n) is 3.12. The Hall–Kier alpha value is -1.70. The lowest BCUT2D eigenvalue weighted by atomic mass is 10.3. The van der Waals surface area contributed by atoms with Crippen LogP contribution in [0.25, 0.3) is 10.2 Å². The topological polar surface area (TPSA) is 61.8 Å². The molecule has 1 aromatic heterocycles. The monoisotopic (exact) mass is 389 g/mol.